The van der Waals surface area contributed by atoms with E-state index in [2.05, 4.69) is 0 Å². The number of hydrogen-bond donors (Lipinski definition) is 1. The number of aliphatic carboxylic acids is 1. The van der Waals surface area contributed by atoms with Crippen LogP contribution < -0.4 is 0 Å². The number of Topliss-reactive ketones (excluding diaryl/α,β-unsaturated/α-hetero) is 1. The van der Waals surface area contributed by atoms with Gasteiger partial charge in [-0.15, -0.1) is 0 Å². The van der Waals surface area contributed by atoms with E-state index in [1.807, 2.05) is 20.8 Å². The van der Waals surface area contributed by atoms with Crippen LogP contribution in [-0.4, -0.2) is 16.9 Å². The SMILES string of the molecule is CC(C)[C@H](C)C(=O)C[C@@H](C)C(=O)O. The van der Waals surface area contributed by atoms with E-state index in [9.17, 15) is 9.59 Å². The lowest BCUT2D eigenvalue weighted by atomic mass is 9.89. The number of carboxylic acid groups (broad SMARTS) is 1. The van der Waals surface area contributed by atoms with Crippen molar-refractivity contribution < 1.29 is 14.7 Å². The van der Waals surface area contributed by atoms with E-state index >= 15 is 0 Å². The molecule has 0 unspecified atom stereocenters. The van der Waals surface area contributed by atoms with Crippen molar-refractivity contribution in [3.8, 4) is 0 Å². The van der Waals surface area contributed by atoms with Crippen LogP contribution in [0.25, 0.3) is 0 Å². The second-order valence-electron chi connectivity index (χ2n) is 3.94. The highest BCUT2D eigenvalue weighted by atomic mass is 16.4. The predicted molar refractivity (Wildman–Crippen MR) is 50.4 cm³/mol. The second-order valence-corrected chi connectivity index (χ2v) is 3.94. The second kappa shape index (κ2) is 5.00. The summed E-state index contributed by atoms with van der Waals surface area (Å²) in [5.41, 5.74) is 0. The van der Waals surface area contributed by atoms with E-state index in [0.29, 0.717) is 0 Å². The fourth-order valence-electron chi connectivity index (χ4n) is 0.947. The van der Waals surface area contributed by atoms with E-state index in [0.717, 1.165) is 0 Å². The largest absolute Gasteiger partial charge is 0.481 e. The van der Waals surface area contributed by atoms with Gasteiger partial charge in [0.2, 0.25) is 0 Å². The first kappa shape index (κ1) is 12.1. The minimum Gasteiger partial charge on any atom is -0.481 e. The van der Waals surface area contributed by atoms with Gasteiger partial charge in [-0.1, -0.05) is 27.7 Å². The fourth-order valence-corrected chi connectivity index (χ4v) is 0.947. The van der Waals surface area contributed by atoms with Crippen LogP contribution in [0.3, 0.4) is 0 Å². The number of hydrogen-bond acceptors (Lipinski definition) is 2. The Hall–Kier alpha value is -0.860. The predicted octanol–water partition coefficient (Wildman–Crippen LogP) is 1.96. The average molecular weight is 186 g/mol. The highest BCUT2D eigenvalue weighted by Gasteiger charge is 2.21. The smallest absolute Gasteiger partial charge is 0.306 e. The van der Waals surface area contributed by atoms with Crippen molar-refractivity contribution in [3.05, 3.63) is 0 Å². The van der Waals surface area contributed by atoms with Gasteiger partial charge in [0.1, 0.15) is 5.78 Å². The summed E-state index contributed by atoms with van der Waals surface area (Å²) in [4.78, 5) is 21.9. The summed E-state index contributed by atoms with van der Waals surface area (Å²) in [6.45, 7) is 7.34. The molecule has 0 saturated carbocycles. The van der Waals surface area contributed by atoms with Crippen molar-refractivity contribution in [3.63, 3.8) is 0 Å². The molecule has 0 aromatic rings. The van der Waals surface area contributed by atoms with Gasteiger partial charge in [0.25, 0.3) is 0 Å². The topological polar surface area (TPSA) is 54.4 Å². The highest BCUT2D eigenvalue weighted by molar-refractivity contribution is 5.85. The number of carbonyl (C=O) groups is 2. The maximum atomic E-state index is 11.4. The lowest BCUT2D eigenvalue weighted by Gasteiger charge is -2.15. The molecule has 3 nitrogen and oxygen atoms in total. The number of carboxylic acids is 1. The normalized spacial score (nSPS) is 15.5. The molecular weight excluding hydrogens is 168 g/mol. The molecule has 0 bridgehead atoms. The quantitative estimate of drug-likeness (QED) is 0.714. The molecule has 0 aromatic carbocycles. The Bertz CT molecular complexity index is 196. The first-order valence-electron chi connectivity index (χ1n) is 4.61. The van der Waals surface area contributed by atoms with Crippen LogP contribution in [0.4, 0.5) is 0 Å². The van der Waals surface area contributed by atoms with Crippen molar-refractivity contribution in [2.75, 3.05) is 0 Å². The number of ketones is 1. The van der Waals surface area contributed by atoms with Gasteiger partial charge in [0.05, 0.1) is 5.92 Å². The standard InChI is InChI=1S/C10H18O3/c1-6(2)8(4)9(11)5-7(3)10(12)13/h6-8H,5H2,1-4H3,(H,12,13)/t7-,8+/m1/s1. The molecule has 0 rings (SSSR count). The van der Waals surface area contributed by atoms with E-state index in [-0.39, 0.29) is 24.0 Å². The van der Waals surface area contributed by atoms with E-state index in [4.69, 9.17) is 5.11 Å². The van der Waals surface area contributed by atoms with Gasteiger partial charge in [-0.05, 0) is 5.92 Å². The Kier molecular flexibility index (Phi) is 4.67. The Labute approximate surface area is 79.1 Å². The van der Waals surface area contributed by atoms with Gasteiger partial charge >= 0.3 is 5.97 Å². The first-order valence-corrected chi connectivity index (χ1v) is 4.61. The Morgan fingerprint density at radius 2 is 1.62 bits per heavy atom. The maximum Gasteiger partial charge on any atom is 0.306 e. The zero-order chi connectivity index (χ0) is 10.6. The minimum absolute atomic E-state index is 0.0400. The molecule has 0 saturated heterocycles. The van der Waals surface area contributed by atoms with Crippen LogP contribution in [0, 0.1) is 17.8 Å². The molecule has 76 valence electrons. The van der Waals surface area contributed by atoms with Gasteiger partial charge in [-0.2, -0.15) is 0 Å². The summed E-state index contributed by atoms with van der Waals surface area (Å²) >= 11 is 0. The van der Waals surface area contributed by atoms with Crippen LogP contribution in [-0.2, 0) is 9.59 Å². The van der Waals surface area contributed by atoms with Crippen molar-refractivity contribution in [1.29, 1.82) is 0 Å². The summed E-state index contributed by atoms with van der Waals surface area (Å²) in [6, 6.07) is 0. The third-order valence-electron chi connectivity index (χ3n) is 2.44. The molecule has 0 aliphatic heterocycles. The van der Waals surface area contributed by atoms with Gasteiger partial charge in [0, 0.05) is 12.3 Å². The molecular formula is C10H18O3. The minimum atomic E-state index is -0.899. The molecule has 0 aliphatic rings. The van der Waals surface area contributed by atoms with Crippen molar-refractivity contribution in [1.82, 2.24) is 0 Å². The average Bonchev–Trinajstić information content (AvgIpc) is 2.02. The molecule has 3 heteroatoms. The third kappa shape index (κ3) is 4.06. The molecule has 0 aliphatic carbocycles. The number of rotatable bonds is 5. The van der Waals surface area contributed by atoms with Gasteiger partial charge in [-0.3, -0.25) is 9.59 Å². The van der Waals surface area contributed by atoms with Crippen LogP contribution >= 0.6 is 0 Å². The summed E-state index contributed by atoms with van der Waals surface area (Å²) in [5, 5.41) is 8.60. The summed E-state index contributed by atoms with van der Waals surface area (Å²) in [7, 11) is 0. The molecule has 0 fully saturated rings. The van der Waals surface area contributed by atoms with E-state index < -0.39 is 11.9 Å². The molecule has 0 heterocycles. The molecule has 1 N–H and O–H groups in total. The van der Waals surface area contributed by atoms with Crippen molar-refractivity contribution in [2.45, 2.75) is 34.1 Å². The Morgan fingerprint density at radius 3 is 1.92 bits per heavy atom. The summed E-state index contributed by atoms with van der Waals surface area (Å²) < 4.78 is 0. The zero-order valence-electron chi connectivity index (χ0n) is 8.70. The van der Waals surface area contributed by atoms with Crippen LogP contribution in [0.2, 0.25) is 0 Å². The lowest BCUT2D eigenvalue weighted by molar-refractivity contribution is -0.143. The molecule has 0 aromatic heterocycles. The Morgan fingerprint density at radius 1 is 1.15 bits per heavy atom. The van der Waals surface area contributed by atoms with E-state index in [1.165, 1.54) is 0 Å². The molecule has 13 heavy (non-hydrogen) atoms. The van der Waals surface area contributed by atoms with Gasteiger partial charge < -0.3 is 5.11 Å². The van der Waals surface area contributed by atoms with Gasteiger partial charge in [0.15, 0.2) is 0 Å². The molecule has 2 atom stereocenters. The maximum absolute atomic E-state index is 11.4. The van der Waals surface area contributed by atoms with Crippen LogP contribution in [0.15, 0.2) is 0 Å². The zero-order valence-corrected chi connectivity index (χ0v) is 8.70. The highest BCUT2D eigenvalue weighted by Crippen LogP contribution is 2.15. The molecule has 0 amide bonds. The van der Waals surface area contributed by atoms with Crippen molar-refractivity contribution in [2.24, 2.45) is 17.8 Å². The molecule has 0 spiro atoms. The van der Waals surface area contributed by atoms with Gasteiger partial charge in [-0.25, -0.2) is 0 Å². The first-order chi connectivity index (χ1) is 5.86. The summed E-state index contributed by atoms with van der Waals surface area (Å²) in [5.74, 6) is -1.17. The van der Waals surface area contributed by atoms with Crippen LogP contribution in [0.5, 0.6) is 0 Å². The Balaban J connectivity index is 4.08. The van der Waals surface area contributed by atoms with Crippen LogP contribution in [0.1, 0.15) is 34.1 Å². The molecule has 0 radical (unpaired) electrons. The third-order valence-corrected chi connectivity index (χ3v) is 2.44. The lowest BCUT2D eigenvalue weighted by Crippen LogP contribution is -2.22. The monoisotopic (exact) mass is 186 g/mol. The number of carbonyl (C=O) groups excluding carboxylic acids is 1. The van der Waals surface area contributed by atoms with Crippen molar-refractivity contribution >= 4 is 11.8 Å². The van der Waals surface area contributed by atoms with E-state index in [1.54, 1.807) is 6.92 Å². The summed E-state index contributed by atoms with van der Waals surface area (Å²) in [6.07, 6.45) is 0.147. The fraction of sp³-hybridized carbons (Fsp3) is 0.800.